The molecule has 0 atom stereocenters. The van der Waals surface area contributed by atoms with Gasteiger partial charge in [0.15, 0.2) is 0 Å². The van der Waals surface area contributed by atoms with Gasteiger partial charge in [0, 0.05) is 0 Å². The van der Waals surface area contributed by atoms with Crippen molar-refractivity contribution in [3.05, 3.63) is 60.2 Å². The summed E-state index contributed by atoms with van der Waals surface area (Å²) in [6.45, 7) is 2.11. The number of aryl methyl sites for hydroxylation is 1. The molecule has 84 valence electrons. The number of rotatable bonds is 2. The van der Waals surface area contributed by atoms with Gasteiger partial charge < -0.3 is 0 Å². The summed E-state index contributed by atoms with van der Waals surface area (Å²) >= 11 is 0.257. The molecule has 2 heteroatoms. The van der Waals surface area contributed by atoms with Crippen LogP contribution in [-0.2, 0) is 0 Å². The predicted octanol–water partition coefficient (Wildman–Crippen LogP) is 2.40. The fourth-order valence-electron chi connectivity index (χ4n) is 1.73. The average Bonchev–Trinajstić information content (AvgIpc) is 2.74. The summed E-state index contributed by atoms with van der Waals surface area (Å²) in [5.41, 5.74) is 2.28. The molecule has 0 bridgehead atoms. The molecule has 2 aromatic carbocycles. The van der Waals surface area contributed by atoms with E-state index in [9.17, 15) is 0 Å². The Labute approximate surface area is 107 Å². The predicted molar refractivity (Wildman–Crippen MR) is 72.4 cm³/mol. The van der Waals surface area contributed by atoms with Gasteiger partial charge in [-0.3, -0.25) is 0 Å². The van der Waals surface area contributed by atoms with Crippen LogP contribution in [0.1, 0.15) is 5.56 Å². The van der Waals surface area contributed by atoms with Crippen LogP contribution in [0.3, 0.4) is 0 Å². The molecular formula is C15H12OSe. The summed E-state index contributed by atoms with van der Waals surface area (Å²) in [6, 6.07) is 19.0. The zero-order valence-corrected chi connectivity index (χ0v) is 11.2. The Bertz CT molecular complexity index is 604. The summed E-state index contributed by atoms with van der Waals surface area (Å²) < 4.78 is 8.26. The molecule has 0 radical (unpaired) electrons. The van der Waals surface area contributed by atoms with Crippen LogP contribution in [0.4, 0.5) is 0 Å². The number of furan rings is 1. The van der Waals surface area contributed by atoms with Crippen molar-refractivity contribution in [1.29, 1.82) is 0 Å². The van der Waals surface area contributed by atoms with Crippen LogP contribution in [0.5, 0.6) is 0 Å². The first kappa shape index (κ1) is 10.6. The molecule has 1 nitrogen and oxygen atoms in total. The normalized spacial score (nSPS) is 10.9. The second-order valence-electron chi connectivity index (χ2n) is 4.02. The van der Waals surface area contributed by atoms with Gasteiger partial charge in [0.05, 0.1) is 0 Å². The molecule has 0 amide bonds. The van der Waals surface area contributed by atoms with Crippen molar-refractivity contribution in [3.8, 4) is 0 Å². The summed E-state index contributed by atoms with van der Waals surface area (Å²) in [4.78, 5) is 0. The van der Waals surface area contributed by atoms with E-state index in [0.717, 1.165) is 10.2 Å². The van der Waals surface area contributed by atoms with Crippen LogP contribution in [0.15, 0.2) is 59.0 Å². The summed E-state index contributed by atoms with van der Waals surface area (Å²) in [5, 5.41) is 1.19. The van der Waals surface area contributed by atoms with Gasteiger partial charge in [-0.25, -0.2) is 0 Å². The molecule has 3 rings (SSSR count). The Kier molecular flexibility index (Phi) is 2.76. The Morgan fingerprint density at radius 2 is 1.71 bits per heavy atom. The molecule has 0 N–H and O–H groups in total. The van der Waals surface area contributed by atoms with Gasteiger partial charge >= 0.3 is 107 Å². The van der Waals surface area contributed by atoms with E-state index >= 15 is 0 Å². The Balaban J connectivity index is 1.92. The third kappa shape index (κ3) is 2.28. The first-order valence-corrected chi connectivity index (χ1v) is 7.26. The van der Waals surface area contributed by atoms with Gasteiger partial charge in [-0.15, -0.1) is 0 Å². The van der Waals surface area contributed by atoms with Crippen LogP contribution >= 0.6 is 0 Å². The Hall–Kier alpha value is -1.50. The Morgan fingerprint density at radius 3 is 2.47 bits per heavy atom. The number of hydrogen-bond donors (Lipinski definition) is 0. The number of hydrogen-bond acceptors (Lipinski definition) is 1. The Morgan fingerprint density at radius 1 is 0.941 bits per heavy atom. The van der Waals surface area contributed by atoms with Crippen molar-refractivity contribution in [2.45, 2.75) is 6.92 Å². The first-order valence-electron chi connectivity index (χ1n) is 5.54. The molecule has 0 aliphatic rings. The third-order valence-electron chi connectivity index (χ3n) is 2.64. The molecule has 0 saturated heterocycles. The monoisotopic (exact) mass is 288 g/mol. The van der Waals surface area contributed by atoms with Gasteiger partial charge in [-0.2, -0.15) is 0 Å². The topological polar surface area (TPSA) is 13.1 Å². The zero-order chi connectivity index (χ0) is 11.7. The quantitative estimate of drug-likeness (QED) is 0.660. The van der Waals surface area contributed by atoms with E-state index < -0.39 is 0 Å². The average molecular weight is 287 g/mol. The van der Waals surface area contributed by atoms with Crippen LogP contribution in [-0.4, -0.2) is 15.0 Å². The first-order chi connectivity index (χ1) is 8.31. The van der Waals surface area contributed by atoms with E-state index in [1.807, 2.05) is 18.2 Å². The van der Waals surface area contributed by atoms with E-state index in [1.54, 1.807) is 0 Å². The summed E-state index contributed by atoms with van der Waals surface area (Å²) in [6.07, 6.45) is 0. The van der Waals surface area contributed by atoms with Crippen molar-refractivity contribution in [2.24, 2.45) is 0 Å². The molecule has 1 aromatic heterocycles. The minimum atomic E-state index is 0.257. The molecular weight excluding hydrogens is 275 g/mol. The summed E-state index contributed by atoms with van der Waals surface area (Å²) in [5.74, 6) is 0. The van der Waals surface area contributed by atoms with Gasteiger partial charge in [0.1, 0.15) is 0 Å². The van der Waals surface area contributed by atoms with Crippen LogP contribution < -0.4 is 9.12 Å². The van der Waals surface area contributed by atoms with E-state index in [2.05, 4.69) is 43.3 Å². The van der Waals surface area contributed by atoms with Crippen LogP contribution in [0, 0.1) is 6.92 Å². The van der Waals surface area contributed by atoms with Crippen LogP contribution in [0.2, 0.25) is 0 Å². The van der Waals surface area contributed by atoms with Crippen molar-refractivity contribution >= 4 is 35.0 Å². The van der Waals surface area contributed by atoms with Crippen molar-refractivity contribution in [1.82, 2.24) is 0 Å². The SMILES string of the molecule is Cc1ccc([Se]c2cc3ccccc3o2)cc1. The van der Waals surface area contributed by atoms with E-state index in [0.29, 0.717) is 0 Å². The molecule has 3 aromatic rings. The zero-order valence-electron chi connectivity index (χ0n) is 9.51. The van der Waals surface area contributed by atoms with Gasteiger partial charge in [-0.05, 0) is 0 Å². The maximum atomic E-state index is 5.83. The standard InChI is InChI=1S/C15H12OSe/c1-11-6-8-13(9-7-11)17-15-10-12-4-2-3-5-14(12)16-15/h2-10H,1H3. The maximum absolute atomic E-state index is 5.83. The second kappa shape index (κ2) is 4.40. The van der Waals surface area contributed by atoms with Gasteiger partial charge in [-0.1, -0.05) is 0 Å². The van der Waals surface area contributed by atoms with Crippen LogP contribution in [0.25, 0.3) is 11.0 Å². The molecule has 17 heavy (non-hydrogen) atoms. The molecule has 0 fully saturated rings. The fraction of sp³-hybridized carbons (Fsp3) is 0.0667. The summed E-state index contributed by atoms with van der Waals surface area (Å²) in [7, 11) is 0. The minimum absolute atomic E-state index is 0.257. The number of para-hydroxylation sites is 1. The molecule has 0 aliphatic carbocycles. The van der Waals surface area contributed by atoms with E-state index in [4.69, 9.17) is 4.42 Å². The third-order valence-corrected chi connectivity index (χ3v) is 4.55. The van der Waals surface area contributed by atoms with E-state index in [-0.39, 0.29) is 15.0 Å². The van der Waals surface area contributed by atoms with Gasteiger partial charge in [0.2, 0.25) is 0 Å². The van der Waals surface area contributed by atoms with Crippen molar-refractivity contribution in [3.63, 3.8) is 0 Å². The number of fused-ring (bicyclic) bond motifs is 1. The molecule has 1 heterocycles. The number of benzene rings is 2. The molecule has 0 saturated carbocycles. The molecule has 0 aliphatic heterocycles. The molecule has 0 unspecified atom stereocenters. The van der Waals surface area contributed by atoms with Crippen molar-refractivity contribution in [2.75, 3.05) is 0 Å². The van der Waals surface area contributed by atoms with Gasteiger partial charge in [0.25, 0.3) is 0 Å². The molecule has 0 spiro atoms. The van der Waals surface area contributed by atoms with E-state index in [1.165, 1.54) is 15.4 Å². The van der Waals surface area contributed by atoms with Crippen molar-refractivity contribution < 1.29 is 4.42 Å². The second-order valence-corrected chi connectivity index (χ2v) is 6.28. The fourth-order valence-corrected chi connectivity index (χ4v) is 3.45.